The van der Waals surface area contributed by atoms with Gasteiger partial charge in [0.05, 0.1) is 18.1 Å². The molecule has 0 N–H and O–H groups in total. The van der Waals surface area contributed by atoms with Crippen LogP contribution in [0, 0.1) is 11.6 Å². The number of oxazole rings is 1. The lowest BCUT2D eigenvalue weighted by Gasteiger charge is -2.43. The molecule has 8 nitrogen and oxygen atoms in total. The van der Waals surface area contributed by atoms with E-state index in [-0.39, 0.29) is 49.4 Å². The number of piperazine rings is 1. The van der Waals surface area contributed by atoms with Crippen LogP contribution in [0.3, 0.4) is 0 Å². The molecular formula is C47H45F5N4O4. The highest BCUT2D eigenvalue weighted by atomic mass is 19.4. The van der Waals surface area contributed by atoms with Gasteiger partial charge in [-0.15, -0.1) is 0 Å². The summed E-state index contributed by atoms with van der Waals surface area (Å²) >= 11 is 0. The molecule has 0 bridgehead atoms. The zero-order chi connectivity index (χ0) is 42.6. The monoisotopic (exact) mass is 824 g/mol. The van der Waals surface area contributed by atoms with Crippen molar-refractivity contribution in [3.63, 3.8) is 0 Å². The average molecular weight is 825 g/mol. The van der Waals surface area contributed by atoms with E-state index in [2.05, 4.69) is 0 Å². The van der Waals surface area contributed by atoms with Crippen molar-refractivity contribution in [2.45, 2.75) is 63.5 Å². The van der Waals surface area contributed by atoms with Crippen LogP contribution >= 0.6 is 0 Å². The third-order valence-electron chi connectivity index (χ3n) is 11.5. The van der Waals surface area contributed by atoms with Crippen molar-refractivity contribution in [2.24, 2.45) is 0 Å². The Morgan fingerprint density at radius 2 is 1.28 bits per heavy atom. The highest BCUT2D eigenvalue weighted by Crippen LogP contribution is 2.47. The number of hydrogen-bond acceptors (Lipinski definition) is 6. The Morgan fingerprint density at radius 3 is 1.77 bits per heavy atom. The number of nitrogens with zero attached hydrogens (tertiary/aromatic N) is 4. The topological polar surface area (TPSA) is 71.2 Å². The molecule has 0 saturated carbocycles. The predicted molar refractivity (Wildman–Crippen MR) is 219 cm³/mol. The molecule has 1 amide bonds. The molecule has 8 rings (SSSR count). The molecule has 1 aromatic heterocycles. The predicted octanol–water partition coefficient (Wildman–Crippen LogP) is 9.67. The zero-order valence-corrected chi connectivity index (χ0v) is 33.7. The van der Waals surface area contributed by atoms with Crippen LogP contribution in [0.25, 0.3) is 11.1 Å². The summed E-state index contributed by atoms with van der Waals surface area (Å²) in [6, 6.07) is 31.5. The van der Waals surface area contributed by atoms with Crippen LogP contribution in [0.4, 0.5) is 32.4 Å². The van der Waals surface area contributed by atoms with Crippen molar-refractivity contribution >= 4 is 22.9 Å². The summed E-state index contributed by atoms with van der Waals surface area (Å²) in [5, 5.41) is 0. The number of halogens is 5. The van der Waals surface area contributed by atoms with E-state index in [1.165, 1.54) is 4.90 Å². The van der Waals surface area contributed by atoms with Gasteiger partial charge in [-0.05, 0) is 74.6 Å². The number of rotatable bonds is 7. The van der Waals surface area contributed by atoms with Crippen molar-refractivity contribution in [1.29, 1.82) is 0 Å². The Labute approximate surface area is 344 Å². The lowest BCUT2D eigenvalue weighted by molar-refractivity contribution is -0.155. The standard InChI is InChI=1S/C47H45F5N4O4/c1-30-26-36-35(41(55(30)29-46(50,51)52)40-37(48)27-34(28-38(40)49)53-22-24-54(25-23-53)43(57)60-45(2,3)4)20-21-39-42(36)59-44(58)56(39)47(31-14-8-5-9-15-31,32-16-10-6-11-17-32)33-18-12-7-13-19-33/h5-21,27-28,30,41H,22-26,29H2,1-4H3/t30-,41+/m1/s1. The van der Waals surface area contributed by atoms with Gasteiger partial charge >= 0.3 is 18.0 Å². The fourth-order valence-corrected chi connectivity index (χ4v) is 8.97. The first-order valence-electron chi connectivity index (χ1n) is 20.0. The minimum absolute atomic E-state index is 0.00443. The van der Waals surface area contributed by atoms with Gasteiger partial charge in [0, 0.05) is 49.0 Å². The molecule has 0 radical (unpaired) electrons. The molecule has 0 aliphatic carbocycles. The van der Waals surface area contributed by atoms with Crippen LogP contribution in [-0.4, -0.2) is 71.0 Å². The largest absolute Gasteiger partial charge is 0.444 e. The number of carbonyl (C=O) groups excluding carboxylic acids is 1. The number of benzene rings is 5. The number of fused-ring (bicyclic) bond motifs is 3. The maximum atomic E-state index is 16.6. The smallest absolute Gasteiger partial charge is 0.421 e. The number of hydrogen-bond donors (Lipinski definition) is 0. The Kier molecular flexibility index (Phi) is 10.6. The van der Waals surface area contributed by atoms with Crippen molar-refractivity contribution in [2.75, 3.05) is 37.6 Å². The van der Waals surface area contributed by atoms with Crippen LogP contribution in [0.5, 0.6) is 0 Å². The molecular weight excluding hydrogens is 780 g/mol. The van der Waals surface area contributed by atoms with Gasteiger partial charge in [0.1, 0.15) is 22.8 Å². The van der Waals surface area contributed by atoms with Gasteiger partial charge in [0.25, 0.3) is 0 Å². The van der Waals surface area contributed by atoms with E-state index >= 15 is 8.78 Å². The molecule has 13 heteroatoms. The Bertz CT molecular complexity index is 2440. The summed E-state index contributed by atoms with van der Waals surface area (Å²) in [7, 11) is 0. The van der Waals surface area contributed by atoms with Gasteiger partial charge in [0.15, 0.2) is 5.58 Å². The number of amides is 1. The molecule has 0 spiro atoms. The molecule has 60 heavy (non-hydrogen) atoms. The molecule has 0 unspecified atom stereocenters. The van der Waals surface area contributed by atoms with Gasteiger partial charge in [-0.25, -0.2) is 18.4 Å². The summed E-state index contributed by atoms with van der Waals surface area (Å²) < 4.78 is 89.6. The Balaban J connectivity index is 1.27. The fourth-order valence-electron chi connectivity index (χ4n) is 8.97. The molecule has 5 aromatic carbocycles. The van der Waals surface area contributed by atoms with Gasteiger partial charge < -0.3 is 19.0 Å². The van der Waals surface area contributed by atoms with Gasteiger partial charge in [-0.2, -0.15) is 13.2 Å². The molecule has 2 atom stereocenters. The summed E-state index contributed by atoms with van der Waals surface area (Å²) in [5.74, 6) is -2.76. The van der Waals surface area contributed by atoms with Crippen LogP contribution in [0.15, 0.2) is 124 Å². The maximum Gasteiger partial charge on any atom is 0.421 e. The number of aromatic nitrogens is 1. The average Bonchev–Trinajstić information content (AvgIpc) is 3.55. The minimum Gasteiger partial charge on any atom is -0.444 e. The van der Waals surface area contributed by atoms with Gasteiger partial charge in [-0.3, -0.25) is 9.47 Å². The number of carbonyl (C=O) groups is 1. The number of alkyl halides is 3. The summed E-state index contributed by atoms with van der Waals surface area (Å²) in [5.41, 5.74) is 1.04. The first-order chi connectivity index (χ1) is 28.6. The van der Waals surface area contributed by atoms with E-state index in [0.29, 0.717) is 11.1 Å². The van der Waals surface area contributed by atoms with Crippen LogP contribution in [0.2, 0.25) is 0 Å². The summed E-state index contributed by atoms with van der Waals surface area (Å²) in [4.78, 5) is 31.5. The molecule has 6 aromatic rings. The van der Waals surface area contributed by atoms with E-state index in [0.717, 1.165) is 33.7 Å². The number of ether oxygens (including phenoxy) is 1. The van der Waals surface area contributed by atoms with E-state index in [1.807, 2.05) is 91.0 Å². The zero-order valence-electron chi connectivity index (χ0n) is 33.7. The second-order valence-electron chi connectivity index (χ2n) is 16.5. The number of anilines is 1. The van der Waals surface area contributed by atoms with Crippen LogP contribution in [0.1, 0.15) is 67.1 Å². The van der Waals surface area contributed by atoms with Crippen molar-refractivity contribution in [3.05, 3.63) is 171 Å². The molecule has 1 saturated heterocycles. The van der Waals surface area contributed by atoms with Gasteiger partial charge in [-0.1, -0.05) is 97.1 Å². The molecule has 3 heterocycles. The minimum atomic E-state index is -4.70. The normalized spacial score (nSPS) is 17.8. The third kappa shape index (κ3) is 7.44. The quantitative estimate of drug-likeness (QED) is 0.118. The second kappa shape index (κ2) is 15.6. The SMILES string of the molecule is C[C@@H]1Cc2c(ccc3c2oc(=O)n3C(c2ccccc2)(c2ccccc2)c2ccccc2)[C@@H](c2c(F)cc(N3CCN(C(=O)OC(C)(C)C)CC3)cc2F)N1CC(F)(F)F. The van der Waals surface area contributed by atoms with Crippen molar-refractivity contribution in [1.82, 2.24) is 14.4 Å². The highest BCUT2D eigenvalue weighted by Gasteiger charge is 2.46. The van der Waals surface area contributed by atoms with Crippen LogP contribution in [-0.2, 0) is 16.7 Å². The van der Waals surface area contributed by atoms with E-state index in [1.54, 1.807) is 49.3 Å². The Hall–Kier alpha value is -5.95. The first-order valence-corrected chi connectivity index (χ1v) is 20.0. The molecule has 2 aliphatic heterocycles. The third-order valence-corrected chi connectivity index (χ3v) is 11.5. The Morgan fingerprint density at radius 1 is 0.767 bits per heavy atom. The van der Waals surface area contributed by atoms with Gasteiger partial charge in [0.2, 0.25) is 0 Å². The van der Waals surface area contributed by atoms with Crippen molar-refractivity contribution in [3.8, 4) is 0 Å². The van der Waals surface area contributed by atoms with E-state index in [4.69, 9.17) is 9.15 Å². The molecule has 312 valence electrons. The maximum absolute atomic E-state index is 16.6. The summed E-state index contributed by atoms with van der Waals surface area (Å²) in [6.07, 6.45) is -5.19. The lowest BCUT2D eigenvalue weighted by Crippen LogP contribution is -2.50. The van der Waals surface area contributed by atoms with E-state index < -0.39 is 65.0 Å². The molecule has 1 fully saturated rings. The fraction of sp³-hybridized carbons (Fsp3) is 0.319. The lowest BCUT2D eigenvalue weighted by atomic mass is 9.76. The van der Waals surface area contributed by atoms with Crippen molar-refractivity contribution < 1.29 is 35.9 Å². The highest BCUT2D eigenvalue weighted by molar-refractivity contribution is 5.81. The van der Waals surface area contributed by atoms with E-state index in [9.17, 15) is 22.8 Å². The first kappa shape index (κ1) is 40.8. The molecule has 2 aliphatic rings. The second-order valence-corrected chi connectivity index (χ2v) is 16.5. The van der Waals surface area contributed by atoms with Crippen LogP contribution < -0.4 is 10.7 Å². The summed E-state index contributed by atoms with van der Waals surface area (Å²) in [6.45, 7) is 6.42.